The van der Waals surface area contributed by atoms with E-state index in [1.165, 1.54) is 0 Å². The molecule has 1 rings (SSSR count). The molecule has 0 unspecified atom stereocenters. The summed E-state index contributed by atoms with van der Waals surface area (Å²) < 4.78 is 15.1. The number of nitrogens with one attached hydrogen (secondary N) is 1. The van der Waals surface area contributed by atoms with Gasteiger partial charge < -0.3 is 14.2 Å². The van der Waals surface area contributed by atoms with Crippen LogP contribution in [0.1, 0.15) is 45.9 Å². The zero-order valence-corrected chi connectivity index (χ0v) is 16.8. The largest absolute Gasteiger partial charge is 0.465 e. The molecule has 0 radical (unpaired) electrons. The summed E-state index contributed by atoms with van der Waals surface area (Å²) in [6, 6.07) is 3.28. The van der Waals surface area contributed by atoms with Gasteiger partial charge in [0, 0.05) is 5.69 Å². The van der Waals surface area contributed by atoms with Crippen LogP contribution in [-0.2, 0) is 30.2 Å². The Balaban J connectivity index is 2.91. The van der Waals surface area contributed by atoms with Crippen LogP contribution in [0.2, 0.25) is 0 Å². The van der Waals surface area contributed by atoms with Crippen LogP contribution in [0.25, 0.3) is 0 Å². The number of rotatable bonds is 7. The molecule has 1 amide bonds. The zero-order chi connectivity index (χ0) is 20.6. The fourth-order valence-corrected chi connectivity index (χ4v) is 2.25. The number of carbonyl (C=O) groups is 3. The minimum Gasteiger partial charge on any atom is -0.465 e. The predicted molar refractivity (Wildman–Crippen MR) is 99.3 cm³/mol. The lowest BCUT2D eigenvalue weighted by molar-refractivity contribution is -0.161. The second-order valence-corrected chi connectivity index (χ2v) is 6.83. The molecule has 0 atom stereocenters. The molecule has 150 valence electrons. The van der Waals surface area contributed by atoms with Crippen LogP contribution in [0.3, 0.4) is 0 Å². The number of pyridine rings is 1. The van der Waals surface area contributed by atoms with Crippen molar-refractivity contribution >= 4 is 23.8 Å². The van der Waals surface area contributed by atoms with E-state index >= 15 is 0 Å². The Morgan fingerprint density at radius 1 is 1.07 bits per heavy atom. The Morgan fingerprint density at radius 3 is 2.07 bits per heavy atom. The summed E-state index contributed by atoms with van der Waals surface area (Å²) in [7, 11) is 0. The van der Waals surface area contributed by atoms with Crippen LogP contribution in [0, 0.1) is 12.8 Å². The summed E-state index contributed by atoms with van der Waals surface area (Å²) in [5, 5.41) is 2.55. The van der Waals surface area contributed by atoms with Gasteiger partial charge in [-0.1, -0.05) is 6.07 Å². The van der Waals surface area contributed by atoms with Gasteiger partial charge in [0.1, 0.15) is 11.4 Å². The Kier molecular flexibility index (Phi) is 8.21. The molecule has 0 saturated carbocycles. The second kappa shape index (κ2) is 9.89. The van der Waals surface area contributed by atoms with E-state index in [1.807, 2.05) is 0 Å². The van der Waals surface area contributed by atoms with E-state index in [0.717, 1.165) is 0 Å². The summed E-state index contributed by atoms with van der Waals surface area (Å²) in [6.45, 7) is 10.7. The van der Waals surface area contributed by atoms with Gasteiger partial charge in [-0.15, -0.1) is 0 Å². The monoisotopic (exact) mass is 380 g/mol. The summed E-state index contributed by atoms with van der Waals surface area (Å²) in [5.41, 5.74) is 0.629. The number of anilines is 1. The maximum atomic E-state index is 12.1. The molecule has 0 saturated heterocycles. The van der Waals surface area contributed by atoms with Crippen molar-refractivity contribution in [3.63, 3.8) is 0 Å². The molecule has 0 aliphatic rings. The van der Waals surface area contributed by atoms with E-state index in [-0.39, 0.29) is 19.6 Å². The third-order valence-corrected chi connectivity index (χ3v) is 3.39. The molecule has 0 aliphatic heterocycles. The minimum atomic E-state index is -1.06. The standard InChI is InChI=1S/C19H28N2O6/c1-7-25-16(22)14(17(23)26-8-2)11-13-9-10-15(20-12(13)3)21-18(24)27-19(4,5)6/h9-10,14H,7-8,11H2,1-6H3,(H,20,21,24). The van der Waals surface area contributed by atoms with Crippen molar-refractivity contribution < 1.29 is 28.6 Å². The normalized spacial score (nSPS) is 11.1. The smallest absolute Gasteiger partial charge is 0.413 e. The van der Waals surface area contributed by atoms with Gasteiger partial charge in [0.15, 0.2) is 5.92 Å². The summed E-state index contributed by atoms with van der Waals surface area (Å²) in [6.07, 6.45) is -0.512. The highest BCUT2D eigenvalue weighted by atomic mass is 16.6. The topological polar surface area (TPSA) is 104 Å². The lowest BCUT2D eigenvalue weighted by atomic mass is 9.98. The van der Waals surface area contributed by atoms with Crippen LogP contribution in [0.4, 0.5) is 10.6 Å². The van der Waals surface area contributed by atoms with Crippen LogP contribution in [0.15, 0.2) is 12.1 Å². The first-order chi connectivity index (χ1) is 12.6. The molecule has 1 aromatic rings. The summed E-state index contributed by atoms with van der Waals surface area (Å²) >= 11 is 0. The SMILES string of the molecule is CCOC(=O)C(Cc1ccc(NC(=O)OC(C)(C)C)nc1C)C(=O)OCC. The first kappa shape index (κ1) is 22.4. The van der Waals surface area contributed by atoms with E-state index < -0.39 is 29.6 Å². The van der Waals surface area contributed by atoms with Crippen molar-refractivity contribution in [1.29, 1.82) is 0 Å². The Bertz CT molecular complexity index is 663. The highest BCUT2D eigenvalue weighted by Gasteiger charge is 2.30. The average Bonchev–Trinajstić information content (AvgIpc) is 2.52. The van der Waals surface area contributed by atoms with Crippen molar-refractivity contribution in [3.05, 3.63) is 23.4 Å². The van der Waals surface area contributed by atoms with Gasteiger partial charge >= 0.3 is 18.0 Å². The van der Waals surface area contributed by atoms with Crippen LogP contribution >= 0.6 is 0 Å². The maximum Gasteiger partial charge on any atom is 0.413 e. The fourth-order valence-electron chi connectivity index (χ4n) is 2.25. The molecule has 1 N–H and O–H groups in total. The predicted octanol–water partition coefficient (Wildman–Crippen LogP) is 3.02. The lowest BCUT2D eigenvalue weighted by Crippen LogP contribution is -2.30. The van der Waals surface area contributed by atoms with E-state index in [4.69, 9.17) is 14.2 Å². The maximum absolute atomic E-state index is 12.1. The molecule has 0 bridgehead atoms. The number of aromatic nitrogens is 1. The number of esters is 2. The van der Waals surface area contributed by atoms with Gasteiger partial charge in [-0.05, 0) is 59.6 Å². The van der Waals surface area contributed by atoms with Crippen molar-refractivity contribution in [2.45, 2.75) is 53.6 Å². The number of hydrogen-bond acceptors (Lipinski definition) is 7. The first-order valence-corrected chi connectivity index (χ1v) is 8.87. The van der Waals surface area contributed by atoms with Crippen molar-refractivity contribution in [1.82, 2.24) is 4.98 Å². The number of aryl methyl sites for hydroxylation is 1. The van der Waals surface area contributed by atoms with Crippen molar-refractivity contribution in [2.24, 2.45) is 5.92 Å². The molecule has 0 fully saturated rings. The fraction of sp³-hybridized carbons (Fsp3) is 0.579. The molecule has 8 heteroatoms. The van der Waals surface area contributed by atoms with E-state index in [2.05, 4.69) is 10.3 Å². The van der Waals surface area contributed by atoms with Crippen LogP contribution in [-0.4, -0.2) is 41.8 Å². The number of amides is 1. The highest BCUT2D eigenvalue weighted by Crippen LogP contribution is 2.18. The van der Waals surface area contributed by atoms with Gasteiger partial charge in [-0.2, -0.15) is 0 Å². The molecule has 1 heterocycles. The molecule has 0 aromatic carbocycles. The van der Waals surface area contributed by atoms with E-state index in [9.17, 15) is 14.4 Å². The third-order valence-electron chi connectivity index (χ3n) is 3.39. The van der Waals surface area contributed by atoms with Gasteiger partial charge in [-0.25, -0.2) is 9.78 Å². The van der Waals surface area contributed by atoms with Gasteiger partial charge in [0.2, 0.25) is 0 Å². The molecule has 8 nitrogen and oxygen atoms in total. The van der Waals surface area contributed by atoms with Crippen molar-refractivity contribution in [2.75, 3.05) is 18.5 Å². The van der Waals surface area contributed by atoms with Crippen LogP contribution in [0.5, 0.6) is 0 Å². The highest BCUT2D eigenvalue weighted by molar-refractivity contribution is 5.95. The second-order valence-electron chi connectivity index (χ2n) is 6.83. The molecule has 0 aliphatic carbocycles. The molecule has 0 spiro atoms. The summed E-state index contributed by atoms with van der Waals surface area (Å²) in [5.74, 6) is -2.01. The van der Waals surface area contributed by atoms with Crippen molar-refractivity contribution in [3.8, 4) is 0 Å². The number of carbonyl (C=O) groups excluding carboxylic acids is 3. The molecular weight excluding hydrogens is 352 g/mol. The summed E-state index contributed by atoms with van der Waals surface area (Å²) in [4.78, 5) is 40.3. The number of ether oxygens (including phenoxy) is 3. The first-order valence-electron chi connectivity index (χ1n) is 8.87. The Labute approximate surface area is 159 Å². The number of hydrogen-bond donors (Lipinski definition) is 1. The minimum absolute atomic E-state index is 0.100. The zero-order valence-electron chi connectivity index (χ0n) is 16.8. The quantitative estimate of drug-likeness (QED) is 0.440. The van der Waals surface area contributed by atoms with Crippen LogP contribution < -0.4 is 5.32 Å². The lowest BCUT2D eigenvalue weighted by Gasteiger charge is -2.20. The number of nitrogens with zero attached hydrogens (tertiary/aromatic N) is 1. The Hall–Kier alpha value is -2.64. The van der Waals surface area contributed by atoms with E-state index in [1.54, 1.807) is 53.7 Å². The van der Waals surface area contributed by atoms with Gasteiger partial charge in [-0.3, -0.25) is 14.9 Å². The third kappa shape index (κ3) is 7.64. The molecular formula is C19H28N2O6. The van der Waals surface area contributed by atoms with Gasteiger partial charge in [0.05, 0.1) is 13.2 Å². The Morgan fingerprint density at radius 2 is 1.63 bits per heavy atom. The molecule has 27 heavy (non-hydrogen) atoms. The van der Waals surface area contributed by atoms with E-state index in [0.29, 0.717) is 17.1 Å². The molecule has 1 aromatic heterocycles. The van der Waals surface area contributed by atoms with Gasteiger partial charge in [0.25, 0.3) is 0 Å². The average molecular weight is 380 g/mol.